The fourth-order valence-corrected chi connectivity index (χ4v) is 4.74. The summed E-state index contributed by atoms with van der Waals surface area (Å²) in [5, 5.41) is 9.16. The van der Waals surface area contributed by atoms with Gasteiger partial charge in [0.1, 0.15) is 16.6 Å². The van der Waals surface area contributed by atoms with Gasteiger partial charge in [-0.05, 0) is 61.9 Å². The first kappa shape index (κ1) is 24.9. The van der Waals surface area contributed by atoms with E-state index in [4.69, 9.17) is 4.42 Å². The molecular formula is C26H29FN4O3S. The minimum Gasteiger partial charge on any atom is -0.455 e. The Bertz CT molecular complexity index is 1150. The van der Waals surface area contributed by atoms with Gasteiger partial charge in [-0.25, -0.2) is 4.39 Å². The summed E-state index contributed by atoms with van der Waals surface area (Å²) in [6.45, 7) is 5.60. The molecule has 9 heteroatoms. The maximum absolute atomic E-state index is 13.1. The van der Waals surface area contributed by atoms with Gasteiger partial charge in [-0.1, -0.05) is 25.1 Å². The standard InChI is InChI=1S/C26H29FN4O3S/c1-3-4-5-25(32)31-15-14-30(16-18(31)2)26(33)23-12-10-21(34-23)17-35-24-13-11-22(28-29-24)19-6-8-20(27)9-7-19/h6-13,18H,3-5,14-17H2,1-2H3. The van der Waals surface area contributed by atoms with E-state index < -0.39 is 0 Å². The Morgan fingerprint density at radius 3 is 2.57 bits per heavy atom. The second kappa shape index (κ2) is 11.5. The summed E-state index contributed by atoms with van der Waals surface area (Å²) < 4.78 is 18.9. The van der Waals surface area contributed by atoms with Crippen molar-refractivity contribution >= 4 is 23.6 Å². The van der Waals surface area contributed by atoms with Gasteiger partial charge in [0, 0.05) is 37.7 Å². The fraction of sp³-hybridized carbons (Fsp3) is 0.385. The van der Waals surface area contributed by atoms with Crippen LogP contribution in [0, 0.1) is 5.82 Å². The van der Waals surface area contributed by atoms with Gasteiger partial charge in [0.05, 0.1) is 11.4 Å². The molecule has 1 fully saturated rings. The third-order valence-electron chi connectivity index (χ3n) is 5.99. The number of thioether (sulfide) groups is 1. The van der Waals surface area contributed by atoms with Crippen molar-refractivity contribution in [1.82, 2.24) is 20.0 Å². The van der Waals surface area contributed by atoms with E-state index in [-0.39, 0.29) is 23.7 Å². The fourth-order valence-electron chi connectivity index (χ4n) is 4.03. The molecule has 3 aromatic rings. The zero-order valence-corrected chi connectivity index (χ0v) is 20.8. The van der Waals surface area contributed by atoms with E-state index in [1.807, 2.05) is 24.0 Å². The molecule has 0 saturated carbocycles. The van der Waals surface area contributed by atoms with Crippen molar-refractivity contribution in [3.8, 4) is 11.3 Å². The quantitative estimate of drug-likeness (QED) is 0.407. The molecule has 1 aliphatic heterocycles. The predicted octanol–water partition coefficient (Wildman–Crippen LogP) is 5.03. The maximum atomic E-state index is 13.1. The lowest BCUT2D eigenvalue weighted by atomic mass is 10.1. The highest BCUT2D eigenvalue weighted by molar-refractivity contribution is 7.98. The number of benzene rings is 1. The number of halogens is 1. The zero-order valence-electron chi connectivity index (χ0n) is 19.9. The molecule has 0 spiro atoms. The zero-order chi connectivity index (χ0) is 24.8. The van der Waals surface area contributed by atoms with Crippen molar-refractivity contribution in [2.45, 2.75) is 49.9 Å². The van der Waals surface area contributed by atoms with Crippen LogP contribution in [0.3, 0.4) is 0 Å². The van der Waals surface area contributed by atoms with Crippen LogP contribution in [0.4, 0.5) is 4.39 Å². The van der Waals surface area contributed by atoms with Crippen LogP contribution in [0.5, 0.6) is 0 Å². The Kier molecular flexibility index (Phi) is 8.17. The first-order chi connectivity index (χ1) is 16.9. The predicted molar refractivity (Wildman–Crippen MR) is 132 cm³/mol. The van der Waals surface area contributed by atoms with Gasteiger partial charge in [0.15, 0.2) is 5.76 Å². The summed E-state index contributed by atoms with van der Waals surface area (Å²) >= 11 is 1.45. The third-order valence-corrected chi connectivity index (χ3v) is 6.94. The third kappa shape index (κ3) is 6.28. The van der Waals surface area contributed by atoms with Crippen molar-refractivity contribution < 1.29 is 18.4 Å². The SMILES string of the molecule is CCCCC(=O)N1CCN(C(=O)c2ccc(CSc3ccc(-c4ccc(F)cc4)nn3)o2)CC1C. The second-order valence-electron chi connectivity index (χ2n) is 8.61. The Balaban J connectivity index is 1.29. The van der Waals surface area contributed by atoms with Crippen LogP contribution in [-0.4, -0.2) is 57.5 Å². The molecule has 3 heterocycles. The molecule has 7 nitrogen and oxygen atoms in total. The number of nitrogens with zero attached hydrogens (tertiary/aromatic N) is 4. The van der Waals surface area contributed by atoms with Crippen LogP contribution >= 0.6 is 11.8 Å². The lowest BCUT2D eigenvalue weighted by molar-refractivity contribution is -0.135. The van der Waals surface area contributed by atoms with Gasteiger partial charge in [0.25, 0.3) is 5.91 Å². The lowest BCUT2D eigenvalue weighted by Gasteiger charge is -2.39. The van der Waals surface area contributed by atoms with Gasteiger partial charge in [-0.2, -0.15) is 0 Å². The van der Waals surface area contributed by atoms with Crippen LogP contribution in [0.1, 0.15) is 49.4 Å². The average molecular weight is 497 g/mol. The summed E-state index contributed by atoms with van der Waals surface area (Å²) in [6, 6.07) is 13.3. The number of aromatic nitrogens is 2. The van der Waals surface area contributed by atoms with Crippen molar-refractivity contribution in [2.75, 3.05) is 19.6 Å². The highest BCUT2D eigenvalue weighted by Crippen LogP contribution is 2.25. The lowest BCUT2D eigenvalue weighted by Crippen LogP contribution is -2.55. The van der Waals surface area contributed by atoms with Gasteiger partial charge in [-0.3, -0.25) is 9.59 Å². The van der Waals surface area contributed by atoms with Crippen LogP contribution < -0.4 is 0 Å². The topological polar surface area (TPSA) is 79.5 Å². The molecule has 1 saturated heterocycles. The highest BCUT2D eigenvalue weighted by Gasteiger charge is 2.30. The normalized spacial score (nSPS) is 15.9. The van der Waals surface area contributed by atoms with Crippen LogP contribution in [0.2, 0.25) is 0 Å². The van der Waals surface area contributed by atoms with Crippen LogP contribution in [-0.2, 0) is 10.5 Å². The van der Waals surface area contributed by atoms with Crippen molar-refractivity contribution in [1.29, 1.82) is 0 Å². The molecular weight excluding hydrogens is 467 g/mol. The molecule has 4 rings (SSSR count). The summed E-state index contributed by atoms with van der Waals surface area (Å²) in [7, 11) is 0. The van der Waals surface area contributed by atoms with E-state index in [9.17, 15) is 14.0 Å². The molecule has 184 valence electrons. The number of carbonyl (C=O) groups excluding carboxylic acids is 2. The molecule has 35 heavy (non-hydrogen) atoms. The molecule has 1 unspecified atom stereocenters. The highest BCUT2D eigenvalue weighted by atomic mass is 32.2. The van der Waals surface area contributed by atoms with E-state index in [1.165, 1.54) is 23.9 Å². The first-order valence-corrected chi connectivity index (χ1v) is 12.8. The van der Waals surface area contributed by atoms with Crippen molar-refractivity contribution in [3.05, 3.63) is 65.9 Å². The molecule has 2 amide bonds. The minimum atomic E-state index is -0.292. The number of piperazine rings is 1. The Hall–Kier alpha value is -3.20. The molecule has 1 aromatic carbocycles. The number of carbonyl (C=O) groups is 2. The minimum absolute atomic E-state index is 0.0153. The number of rotatable bonds is 8. The number of hydrogen-bond donors (Lipinski definition) is 0. The molecule has 2 aromatic heterocycles. The molecule has 1 atom stereocenters. The average Bonchev–Trinajstić information content (AvgIpc) is 3.35. The van der Waals surface area contributed by atoms with E-state index in [1.54, 1.807) is 29.2 Å². The smallest absolute Gasteiger partial charge is 0.289 e. The van der Waals surface area contributed by atoms with Gasteiger partial charge >= 0.3 is 0 Å². The maximum Gasteiger partial charge on any atom is 0.289 e. The molecule has 0 bridgehead atoms. The van der Waals surface area contributed by atoms with Gasteiger partial charge in [0.2, 0.25) is 5.91 Å². The Morgan fingerprint density at radius 2 is 1.89 bits per heavy atom. The molecule has 1 aliphatic rings. The van der Waals surface area contributed by atoms with E-state index >= 15 is 0 Å². The number of furan rings is 1. The van der Waals surface area contributed by atoms with Gasteiger partial charge < -0.3 is 14.2 Å². The summed E-state index contributed by atoms with van der Waals surface area (Å²) in [5.41, 5.74) is 1.46. The van der Waals surface area contributed by atoms with E-state index in [0.29, 0.717) is 49.0 Å². The summed E-state index contributed by atoms with van der Waals surface area (Å²) in [5.74, 6) is 1.20. The Morgan fingerprint density at radius 1 is 1.09 bits per heavy atom. The van der Waals surface area contributed by atoms with Crippen LogP contribution in [0.15, 0.2) is 58.0 Å². The first-order valence-electron chi connectivity index (χ1n) is 11.8. The Labute approximate surface area is 208 Å². The molecule has 0 radical (unpaired) electrons. The van der Waals surface area contributed by atoms with E-state index in [0.717, 1.165) is 23.4 Å². The molecule has 0 aliphatic carbocycles. The summed E-state index contributed by atoms with van der Waals surface area (Å²) in [6.07, 6.45) is 2.45. The van der Waals surface area contributed by atoms with Crippen LogP contribution in [0.25, 0.3) is 11.3 Å². The largest absolute Gasteiger partial charge is 0.455 e. The van der Waals surface area contributed by atoms with Crippen molar-refractivity contribution in [3.63, 3.8) is 0 Å². The van der Waals surface area contributed by atoms with Crippen molar-refractivity contribution in [2.24, 2.45) is 0 Å². The monoisotopic (exact) mass is 496 g/mol. The number of amides is 2. The van der Waals surface area contributed by atoms with E-state index in [2.05, 4.69) is 17.1 Å². The molecule has 0 N–H and O–H groups in total. The number of unbranched alkanes of at least 4 members (excludes halogenated alkanes) is 1. The summed E-state index contributed by atoms with van der Waals surface area (Å²) in [4.78, 5) is 29.0. The number of hydrogen-bond acceptors (Lipinski definition) is 6. The second-order valence-corrected chi connectivity index (χ2v) is 9.60. The van der Waals surface area contributed by atoms with Gasteiger partial charge in [-0.15, -0.1) is 10.2 Å².